The molecular formula is C28H31NO5S. The molecule has 0 fully saturated rings. The Labute approximate surface area is 210 Å². The summed E-state index contributed by atoms with van der Waals surface area (Å²) >= 11 is 1.65. The molecule has 0 bridgehead atoms. The average Bonchev–Trinajstić information content (AvgIpc) is 2.84. The number of benzene rings is 2. The van der Waals surface area contributed by atoms with Crippen LogP contribution in [0.4, 0.5) is 0 Å². The molecule has 3 atom stereocenters. The van der Waals surface area contributed by atoms with Crippen LogP contribution in [0.5, 0.6) is 11.5 Å². The third-order valence-corrected chi connectivity index (χ3v) is 7.33. The van der Waals surface area contributed by atoms with Crippen molar-refractivity contribution in [3.8, 4) is 11.5 Å². The Morgan fingerprint density at radius 3 is 2.43 bits per heavy atom. The quantitative estimate of drug-likeness (QED) is 0.208. The minimum absolute atomic E-state index is 0.121. The molecule has 3 rings (SSSR count). The predicted octanol–water partition coefficient (Wildman–Crippen LogP) is 6.09. The normalized spacial score (nSPS) is 13.5. The Kier molecular flexibility index (Phi) is 8.93. The van der Waals surface area contributed by atoms with Crippen molar-refractivity contribution in [1.82, 2.24) is 4.98 Å². The molecular weight excluding hydrogens is 462 g/mol. The van der Waals surface area contributed by atoms with Crippen LogP contribution in [-0.4, -0.2) is 35.1 Å². The van der Waals surface area contributed by atoms with E-state index in [9.17, 15) is 14.7 Å². The van der Waals surface area contributed by atoms with Gasteiger partial charge in [0.15, 0.2) is 23.0 Å². The van der Waals surface area contributed by atoms with Crippen LogP contribution in [0.2, 0.25) is 0 Å². The fourth-order valence-corrected chi connectivity index (χ4v) is 4.98. The Morgan fingerprint density at radius 1 is 1.06 bits per heavy atom. The van der Waals surface area contributed by atoms with E-state index in [1.807, 2.05) is 37.3 Å². The van der Waals surface area contributed by atoms with Crippen molar-refractivity contribution >= 4 is 23.5 Å². The first-order valence-electron chi connectivity index (χ1n) is 11.5. The highest BCUT2D eigenvalue weighted by Gasteiger charge is 2.29. The zero-order chi connectivity index (χ0) is 25.5. The fraction of sp³-hybridized carbons (Fsp3) is 0.321. The second-order valence-corrected chi connectivity index (χ2v) is 9.78. The second kappa shape index (κ2) is 11.9. The molecule has 0 aliphatic heterocycles. The Balaban J connectivity index is 1.73. The SMILES string of the molecule is COc1ccnc(C(=O)C[C@@H](C)C(=O)O[C@@H](C)[C@H](Sc2ccc(C)cc2C)c2ccccc2)c1O. The van der Waals surface area contributed by atoms with Gasteiger partial charge in [-0.1, -0.05) is 55.0 Å². The van der Waals surface area contributed by atoms with E-state index in [1.54, 1.807) is 18.7 Å². The predicted molar refractivity (Wildman–Crippen MR) is 137 cm³/mol. The van der Waals surface area contributed by atoms with Gasteiger partial charge in [0.2, 0.25) is 0 Å². The van der Waals surface area contributed by atoms with Gasteiger partial charge in [-0.15, -0.1) is 11.8 Å². The van der Waals surface area contributed by atoms with Crippen LogP contribution in [0.1, 0.15) is 52.7 Å². The number of aromatic hydroxyl groups is 1. The maximum Gasteiger partial charge on any atom is 0.309 e. The van der Waals surface area contributed by atoms with Gasteiger partial charge >= 0.3 is 5.97 Å². The molecule has 184 valence electrons. The maximum absolute atomic E-state index is 12.9. The van der Waals surface area contributed by atoms with Crippen molar-refractivity contribution in [2.24, 2.45) is 5.92 Å². The number of pyridine rings is 1. The monoisotopic (exact) mass is 493 g/mol. The highest BCUT2D eigenvalue weighted by atomic mass is 32.2. The lowest BCUT2D eigenvalue weighted by molar-refractivity contribution is -0.152. The number of nitrogens with zero attached hydrogens (tertiary/aromatic N) is 1. The van der Waals surface area contributed by atoms with E-state index in [4.69, 9.17) is 9.47 Å². The summed E-state index contributed by atoms with van der Waals surface area (Å²) in [5.41, 5.74) is 3.29. The summed E-state index contributed by atoms with van der Waals surface area (Å²) in [6.07, 6.45) is 0.793. The molecule has 1 heterocycles. The third kappa shape index (κ3) is 6.63. The van der Waals surface area contributed by atoms with Gasteiger partial charge in [0.1, 0.15) is 6.10 Å². The lowest BCUT2D eigenvalue weighted by Gasteiger charge is -2.26. The number of aromatic nitrogens is 1. The van der Waals surface area contributed by atoms with Crippen molar-refractivity contribution in [3.63, 3.8) is 0 Å². The highest BCUT2D eigenvalue weighted by Crippen LogP contribution is 2.40. The van der Waals surface area contributed by atoms with Gasteiger partial charge in [0.25, 0.3) is 0 Å². The zero-order valence-corrected chi connectivity index (χ0v) is 21.5. The smallest absolute Gasteiger partial charge is 0.309 e. The number of methoxy groups -OCH3 is 1. The van der Waals surface area contributed by atoms with E-state index >= 15 is 0 Å². The second-order valence-electron chi connectivity index (χ2n) is 8.60. The van der Waals surface area contributed by atoms with Gasteiger partial charge in [0, 0.05) is 23.6 Å². The molecule has 0 aliphatic carbocycles. The van der Waals surface area contributed by atoms with E-state index < -0.39 is 23.8 Å². The number of thioether (sulfide) groups is 1. The summed E-state index contributed by atoms with van der Waals surface area (Å²) in [7, 11) is 1.39. The van der Waals surface area contributed by atoms with Gasteiger partial charge in [-0.3, -0.25) is 9.59 Å². The van der Waals surface area contributed by atoms with Crippen LogP contribution in [0, 0.1) is 19.8 Å². The molecule has 0 unspecified atom stereocenters. The molecule has 35 heavy (non-hydrogen) atoms. The molecule has 6 nitrogen and oxygen atoms in total. The number of esters is 1. The number of carbonyl (C=O) groups excluding carboxylic acids is 2. The van der Waals surface area contributed by atoms with Crippen LogP contribution in [0.3, 0.4) is 0 Å². The van der Waals surface area contributed by atoms with Gasteiger partial charge in [0.05, 0.1) is 18.3 Å². The minimum atomic E-state index is -0.708. The van der Waals surface area contributed by atoms with Crippen molar-refractivity contribution < 1.29 is 24.2 Å². The lowest BCUT2D eigenvalue weighted by atomic mass is 10.0. The van der Waals surface area contributed by atoms with Gasteiger partial charge in [-0.25, -0.2) is 4.98 Å². The van der Waals surface area contributed by atoms with Crippen LogP contribution in [0.15, 0.2) is 65.7 Å². The first-order valence-corrected chi connectivity index (χ1v) is 12.3. The number of rotatable bonds is 10. The van der Waals surface area contributed by atoms with Gasteiger partial charge in [-0.05, 0) is 38.0 Å². The van der Waals surface area contributed by atoms with E-state index in [2.05, 4.69) is 37.0 Å². The molecule has 0 spiro atoms. The van der Waals surface area contributed by atoms with Crippen LogP contribution in [0.25, 0.3) is 0 Å². The topological polar surface area (TPSA) is 85.7 Å². The number of hydrogen-bond acceptors (Lipinski definition) is 7. The summed E-state index contributed by atoms with van der Waals surface area (Å²) in [5.74, 6) is -1.82. The van der Waals surface area contributed by atoms with Crippen LogP contribution >= 0.6 is 11.8 Å². The molecule has 0 aliphatic rings. The number of Topliss-reactive ketones (excluding diaryl/α,β-unsaturated/α-hetero) is 1. The molecule has 3 aromatic rings. The summed E-state index contributed by atoms with van der Waals surface area (Å²) in [6, 6.07) is 17.7. The summed E-state index contributed by atoms with van der Waals surface area (Å²) in [6.45, 7) is 7.64. The molecule has 0 saturated carbocycles. The molecule has 0 amide bonds. The van der Waals surface area contributed by atoms with E-state index in [-0.39, 0.29) is 28.9 Å². The third-order valence-electron chi connectivity index (χ3n) is 5.71. The Morgan fingerprint density at radius 2 is 1.77 bits per heavy atom. The molecule has 0 saturated heterocycles. The molecule has 0 radical (unpaired) electrons. The summed E-state index contributed by atoms with van der Waals surface area (Å²) < 4.78 is 10.9. The molecule has 1 N–H and O–H groups in total. The fourth-order valence-electron chi connectivity index (χ4n) is 3.77. The lowest BCUT2D eigenvalue weighted by Crippen LogP contribution is -2.26. The van der Waals surface area contributed by atoms with E-state index in [1.165, 1.54) is 30.5 Å². The average molecular weight is 494 g/mol. The Hall–Kier alpha value is -3.32. The number of carbonyl (C=O) groups is 2. The zero-order valence-electron chi connectivity index (χ0n) is 20.6. The first-order chi connectivity index (χ1) is 16.7. The van der Waals surface area contributed by atoms with E-state index in [0.29, 0.717) is 0 Å². The van der Waals surface area contributed by atoms with Crippen LogP contribution < -0.4 is 4.74 Å². The number of hydrogen-bond donors (Lipinski definition) is 1. The van der Waals surface area contributed by atoms with Gasteiger partial charge < -0.3 is 14.6 Å². The van der Waals surface area contributed by atoms with Crippen LogP contribution in [-0.2, 0) is 9.53 Å². The molecule has 7 heteroatoms. The largest absolute Gasteiger partial charge is 0.503 e. The maximum atomic E-state index is 12.9. The standard InChI is InChI=1S/C28H31NO5S/c1-17-11-12-24(18(2)15-17)35-27(21-9-7-6-8-10-21)20(4)34-28(32)19(3)16-22(30)25-26(31)23(33-5)13-14-29-25/h6-15,19-20,27,31H,16H2,1-5H3/t19-,20+,27+/m1/s1. The highest BCUT2D eigenvalue weighted by molar-refractivity contribution is 7.99. The minimum Gasteiger partial charge on any atom is -0.503 e. The van der Waals surface area contributed by atoms with E-state index in [0.717, 1.165) is 10.5 Å². The Bertz CT molecular complexity index is 1180. The first kappa shape index (κ1) is 26.3. The van der Waals surface area contributed by atoms with Crippen molar-refractivity contribution in [1.29, 1.82) is 0 Å². The molecule has 1 aromatic heterocycles. The number of ether oxygens (including phenoxy) is 2. The molecule has 2 aromatic carbocycles. The van der Waals surface area contributed by atoms with Crippen molar-refractivity contribution in [2.45, 2.75) is 50.4 Å². The summed E-state index contributed by atoms with van der Waals surface area (Å²) in [4.78, 5) is 30.7. The van der Waals surface area contributed by atoms with Crippen molar-refractivity contribution in [2.75, 3.05) is 7.11 Å². The summed E-state index contributed by atoms with van der Waals surface area (Å²) in [5, 5.41) is 10.1. The number of ketones is 1. The number of aryl methyl sites for hydroxylation is 2. The van der Waals surface area contributed by atoms with Crippen molar-refractivity contribution in [3.05, 3.63) is 83.2 Å². The van der Waals surface area contributed by atoms with Gasteiger partial charge in [-0.2, -0.15) is 0 Å².